The van der Waals surface area contributed by atoms with Gasteiger partial charge in [0.2, 0.25) is 5.91 Å². The molecule has 29 heavy (non-hydrogen) atoms. The Kier molecular flexibility index (Phi) is 5.20. The third kappa shape index (κ3) is 4.07. The van der Waals surface area contributed by atoms with Crippen molar-refractivity contribution in [2.45, 2.75) is 58.3 Å². The number of hydrogen-bond acceptors (Lipinski definition) is 2. The number of hydrogen-bond donors (Lipinski definition) is 1. The van der Waals surface area contributed by atoms with Crippen LogP contribution in [0.4, 0.5) is 11.4 Å². The summed E-state index contributed by atoms with van der Waals surface area (Å²) in [5.41, 5.74) is 4.85. The van der Waals surface area contributed by atoms with E-state index in [0.717, 1.165) is 42.7 Å². The molecule has 4 nitrogen and oxygen atoms in total. The largest absolute Gasteiger partial charge is 0.322 e. The molecule has 1 fully saturated rings. The van der Waals surface area contributed by atoms with Gasteiger partial charge in [0.25, 0.3) is 5.91 Å². The second kappa shape index (κ2) is 7.66. The SMILES string of the molecule is CC(C)(C)c1ccc(C(=O)Nc2ccc3c(c2)CCN3C(=O)C2CCCC2)cc1. The lowest BCUT2D eigenvalue weighted by atomic mass is 9.87. The van der Waals surface area contributed by atoms with Gasteiger partial charge in [-0.1, -0.05) is 45.7 Å². The first-order valence-electron chi connectivity index (χ1n) is 10.7. The van der Waals surface area contributed by atoms with E-state index in [-0.39, 0.29) is 23.1 Å². The number of nitrogens with one attached hydrogen (secondary N) is 1. The molecule has 1 N–H and O–H groups in total. The van der Waals surface area contributed by atoms with E-state index in [4.69, 9.17) is 0 Å². The van der Waals surface area contributed by atoms with Crippen LogP contribution in [-0.4, -0.2) is 18.4 Å². The van der Waals surface area contributed by atoms with Gasteiger partial charge in [-0.05, 0) is 66.1 Å². The van der Waals surface area contributed by atoms with Crippen molar-refractivity contribution < 1.29 is 9.59 Å². The minimum Gasteiger partial charge on any atom is -0.322 e. The summed E-state index contributed by atoms with van der Waals surface area (Å²) in [6.45, 7) is 7.23. The zero-order chi connectivity index (χ0) is 20.6. The standard InChI is InChI=1S/C25H30N2O2/c1-25(2,3)20-10-8-17(9-11-20)23(28)26-21-12-13-22-19(16-21)14-15-27(22)24(29)18-6-4-5-7-18/h8-13,16,18H,4-7,14-15H2,1-3H3,(H,26,28). The Bertz CT molecular complexity index is 919. The summed E-state index contributed by atoms with van der Waals surface area (Å²) >= 11 is 0. The number of carbonyl (C=O) groups is 2. The first-order chi connectivity index (χ1) is 13.8. The van der Waals surface area contributed by atoms with Gasteiger partial charge in [-0.15, -0.1) is 0 Å². The summed E-state index contributed by atoms with van der Waals surface area (Å²) < 4.78 is 0. The molecule has 2 aromatic rings. The van der Waals surface area contributed by atoms with Gasteiger partial charge in [0, 0.05) is 29.4 Å². The fraction of sp³-hybridized carbons (Fsp3) is 0.440. The zero-order valence-corrected chi connectivity index (χ0v) is 17.6. The molecule has 4 heteroatoms. The smallest absolute Gasteiger partial charge is 0.255 e. The van der Waals surface area contributed by atoms with Crippen LogP contribution in [0.2, 0.25) is 0 Å². The van der Waals surface area contributed by atoms with Crippen LogP contribution in [0.15, 0.2) is 42.5 Å². The molecule has 152 valence electrons. The lowest BCUT2D eigenvalue weighted by Crippen LogP contribution is -2.33. The average Bonchev–Trinajstić information content (AvgIpc) is 3.36. The molecule has 2 aromatic carbocycles. The quantitative estimate of drug-likeness (QED) is 0.771. The van der Waals surface area contributed by atoms with Crippen LogP contribution < -0.4 is 10.2 Å². The Balaban J connectivity index is 1.45. The molecule has 0 atom stereocenters. The van der Waals surface area contributed by atoms with Crippen LogP contribution in [0.1, 0.15) is 67.9 Å². The van der Waals surface area contributed by atoms with Gasteiger partial charge >= 0.3 is 0 Å². The summed E-state index contributed by atoms with van der Waals surface area (Å²) in [7, 11) is 0. The van der Waals surface area contributed by atoms with Crippen molar-refractivity contribution in [2.24, 2.45) is 5.92 Å². The zero-order valence-electron chi connectivity index (χ0n) is 17.6. The predicted octanol–water partition coefficient (Wildman–Crippen LogP) is 5.32. The van der Waals surface area contributed by atoms with Crippen LogP contribution >= 0.6 is 0 Å². The molecule has 1 aliphatic heterocycles. The highest BCUT2D eigenvalue weighted by molar-refractivity contribution is 6.05. The first-order valence-corrected chi connectivity index (χ1v) is 10.7. The predicted molar refractivity (Wildman–Crippen MR) is 118 cm³/mol. The molecule has 1 heterocycles. The van der Waals surface area contributed by atoms with Crippen molar-refractivity contribution in [2.75, 3.05) is 16.8 Å². The molecule has 1 aliphatic carbocycles. The van der Waals surface area contributed by atoms with E-state index in [0.29, 0.717) is 5.56 Å². The lowest BCUT2D eigenvalue weighted by Gasteiger charge is -2.21. The maximum atomic E-state index is 12.8. The molecule has 0 saturated heterocycles. The maximum Gasteiger partial charge on any atom is 0.255 e. The minimum absolute atomic E-state index is 0.0663. The second-order valence-electron chi connectivity index (χ2n) is 9.35. The molecular weight excluding hydrogens is 360 g/mol. The number of rotatable bonds is 3. The molecule has 0 unspecified atom stereocenters. The van der Waals surface area contributed by atoms with E-state index in [1.54, 1.807) is 0 Å². The monoisotopic (exact) mass is 390 g/mol. The minimum atomic E-state index is -0.109. The summed E-state index contributed by atoms with van der Waals surface area (Å²) in [6, 6.07) is 13.7. The van der Waals surface area contributed by atoms with Crippen molar-refractivity contribution in [3.05, 3.63) is 59.2 Å². The molecule has 2 amide bonds. The summed E-state index contributed by atoms with van der Waals surface area (Å²) in [4.78, 5) is 27.4. The lowest BCUT2D eigenvalue weighted by molar-refractivity contribution is -0.122. The van der Waals surface area contributed by atoms with Gasteiger partial charge in [-0.2, -0.15) is 0 Å². The average molecular weight is 391 g/mol. The highest BCUT2D eigenvalue weighted by Crippen LogP contribution is 2.35. The molecule has 0 radical (unpaired) electrons. The summed E-state index contributed by atoms with van der Waals surface area (Å²) in [5, 5.41) is 3.00. The fourth-order valence-electron chi connectivity index (χ4n) is 4.43. The van der Waals surface area contributed by atoms with Gasteiger partial charge in [-0.25, -0.2) is 0 Å². The van der Waals surface area contributed by atoms with Crippen molar-refractivity contribution >= 4 is 23.2 Å². The van der Waals surface area contributed by atoms with Crippen molar-refractivity contribution in [1.29, 1.82) is 0 Å². The van der Waals surface area contributed by atoms with Gasteiger partial charge in [-0.3, -0.25) is 9.59 Å². The van der Waals surface area contributed by atoms with E-state index in [2.05, 4.69) is 26.1 Å². The van der Waals surface area contributed by atoms with Crippen molar-refractivity contribution in [3.63, 3.8) is 0 Å². The van der Waals surface area contributed by atoms with E-state index in [1.165, 1.54) is 18.4 Å². The van der Waals surface area contributed by atoms with Crippen LogP contribution in [-0.2, 0) is 16.6 Å². The third-order valence-corrected chi connectivity index (χ3v) is 6.22. The van der Waals surface area contributed by atoms with Crippen LogP contribution in [0, 0.1) is 5.92 Å². The van der Waals surface area contributed by atoms with Gasteiger partial charge in [0.1, 0.15) is 0 Å². The number of fused-ring (bicyclic) bond motifs is 1. The number of benzene rings is 2. The Morgan fingerprint density at radius 3 is 2.34 bits per heavy atom. The van der Waals surface area contributed by atoms with Crippen molar-refractivity contribution in [1.82, 2.24) is 0 Å². The number of anilines is 2. The van der Waals surface area contributed by atoms with Gasteiger partial charge < -0.3 is 10.2 Å². The molecule has 2 aliphatic rings. The Hall–Kier alpha value is -2.62. The second-order valence-corrected chi connectivity index (χ2v) is 9.35. The summed E-state index contributed by atoms with van der Waals surface area (Å²) in [5.74, 6) is 0.357. The first kappa shape index (κ1) is 19.7. The van der Waals surface area contributed by atoms with E-state index >= 15 is 0 Å². The number of amides is 2. The normalized spacial score (nSPS) is 16.7. The van der Waals surface area contributed by atoms with E-state index < -0.39 is 0 Å². The van der Waals surface area contributed by atoms with Gasteiger partial charge in [0.05, 0.1) is 0 Å². The van der Waals surface area contributed by atoms with Crippen LogP contribution in [0.5, 0.6) is 0 Å². The topological polar surface area (TPSA) is 49.4 Å². The molecule has 0 bridgehead atoms. The highest BCUT2D eigenvalue weighted by atomic mass is 16.2. The van der Waals surface area contributed by atoms with E-state index in [9.17, 15) is 9.59 Å². The molecule has 1 saturated carbocycles. The number of nitrogens with zero attached hydrogens (tertiary/aromatic N) is 1. The molecule has 0 aromatic heterocycles. The van der Waals surface area contributed by atoms with Crippen LogP contribution in [0.25, 0.3) is 0 Å². The van der Waals surface area contributed by atoms with Gasteiger partial charge in [0.15, 0.2) is 0 Å². The number of carbonyl (C=O) groups excluding carboxylic acids is 2. The Morgan fingerprint density at radius 1 is 1.00 bits per heavy atom. The molecular formula is C25H30N2O2. The highest BCUT2D eigenvalue weighted by Gasteiger charge is 2.31. The maximum absolute atomic E-state index is 12.8. The third-order valence-electron chi connectivity index (χ3n) is 6.22. The fourth-order valence-corrected chi connectivity index (χ4v) is 4.43. The van der Waals surface area contributed by atoms with Crippen LogP contribution in [0.3, 0.4) is 0 Å². The molecule has 0 spiro atoms. The molecule has 4 rings (SSSR count). The summed E-state index contributed by atoms with van der Waals surface area (Å²) in [6.07, 6.45) is 5.22. The van der Waals surface area contributed by atoms with Crippen molar-refractivity contribution in [3.8, 4) is 0 Å². The Morgan fingerprint density at radius 2 is 1.69 bits per heavy atom. The van der Waals surface area contributed by atoms with E-state index in [1.807, 2.05) is 47.4 Å². The Labute approximate surface area is 173 Å².